The van der Waals surface area contributed by atoms with Crippen molar-refractivity contribution in [2.45, 2.75) is 23.1 Å². The minimum Gasteiger partial charge on any atom is -0.309 e. The molecular weight excluding hydrogens is 334 g/mol. The Kier molecular flexibility index (Phi) is 3.77. The van der Waals surface area contributed by atoms with Crippen molar-refractivity contribution >= 4 is 21.5 Å². The molecule has 0 saturated carbocycles. The molecule has 3 aromatic rings. The van der Waals surface area contributed by atoms with Crippen molar-refractivity contribution in [3.63, 3.8) is 0 Å². The summed E-state index contributed by atoms with van der Waals surface area (Å²) in [5.74, 6) is 0.521. The molecule has 1 aliphatic heterocycles. The molecule has 5 nitrogen and oxygen atoms in total. The predicted octanol–water partition coefficient (Wildman–Crippen LogP) is 3.31. The summed E-state index contributed by atoms with van der Waals surface area (Å²) >= 11 is 0. The van der Waals surface area contributed by atoms with Crippen LogP contribution in [0.3, 0.4) is 0 Å². The Labute approximate surface area is 146 Å². The number of nitrogens with zero attached hydrogens (tertiary/aromatic N) is 3. The van der Waals surface area contributed by atoms with Crippen LogP contribution in [0.5, 0.6) is 0 Å². The number of anilines is 2. The number of para-hydroxylation sites is 1. The van der Waals surface area contributed by atoms with E-state index in [2.05, 4.69) is 9.97 Å². The van der Waals surface area contributed by atoms with Gasteiger partial charge < -0.3 is 4.90 Å². The molecule has 4 rings (SSSR count). The molecule has 0 unspecified atom stereocenters. The second-order valence-electron chi connectivity index (χ2n) is 6.03. The van der Waals surface area contributed by atoms with Crippen LogP contribution in [0.2, 0.25) is 0 Å². The molecular formula is C19H17N3O2S. The molecule has 0 atom stereocenters. The van der Waals surface area contributed by atoms with Gasteiger partial charge in [-0.15, -0.1) is 0 Å². The van der Waals surface area contributed by atoms with Crippen LogP contribution < -0.4 is 4.90 Å². The molecule has 0 bridgehead atoms. The van der Waals surface area contributed by atoms with Gasteiger partial charge >= 0.3 is 0 Å². The van der Waals surface area contributed by atoms with Crippen molar-refractivity contribution < 1.29 is 8.42 Å². The SMILES string of the molecule is Cc1ccc(S(=O)(=O)c2cccc3c2N(c2ncccn2)CC3)cc1. The molecule has 1 aliphatic rings. The van der Waals surface area contributed by atoms with Crippen LogP contribution in [0.25, 0.3) is 0 Å². The van der Waals surface area contributed by atoms with E-state index in [1.165, 1.54) is 0 Å². The Hall–Kier alpha value is -2.73. The average molecular weight is 351 g/mol. The normalized spacial score (nSPS) is 13.7. The first-order valence-corrected chi connectivity index (χ1v) is 9.54. The van der Waals surface area contributed by atoms with Gasteiger partial charge in [0.2, 0.25) is 15.8 Å². The summed E-state index contributed by atoms with van der Waals surface area (Å²) in [7, 11) is -3.62. The molecule has 6 heteroatoms. The largest absolute Gasteiger partial charge is 0.309 e. The van der Waals surface area contributed by atoms with Crippen LogP contribution in [0.4, 0.5) is 11.6 Å². The third-order valence-electron chi connectivity index (χ3n) is 4.37. The minimum atomic E-state index is -3.62. The van der Waals surface area contributed by atoms with Crippen LogP contribution in [0.1, 0.15) is 11.1 Å². The fourth-order valence-corrected chi connectivity index (χ4v) is 4.61. The van der Waals surface area contributed by atoms with Crippen molar-refractivity contribution in [1.82, 2.24) is 9.97 Å². The van der Waals surface area contributed by atoms with E-state index in [-0.39, 0.29) is 0 Å². The summed E-state index contributed by atoms with van der Waals surface area (Å²) in [6.45, 7) is 2.60. The number of rotatable bonds is 3. The lowest BCUT2D eigenvalue weighted by Gasteiger charge is -2.20. The molecule has 0 amide bonds. The van der Waals surface area contributed by atoms with E-state index in [1.807, 2.05) is 30.0 Å². The van der Waals surface area contributed by atoms with Crippen molar-refractivity contribution in [3.8, 4) is 0 Å². The molecule has 0 N–H and O–H groups in total. The molecule has 0 saturated heterocycles. The summed E-state index contributed by atoms with van der Waals surface area (Å²) in [4.78, 5) is 11.1. The highest BCUT2D eigenvalue weighted by molar-refractivity contribution is 7.91. The van der Waals surface area contributed by atoms with E-state index in [1.54, 1.807) is 42.7 Å². The van der Waals surface area contributed by atoms with Gasteiger partial charge in [-0.25, -0.2) is 18.4 Å². The number of benzene rings is 2. The lowest BCUT2D eigenvalue weighted by molar-refractivity contribution is 0.596. The van der Waals surface area contributed by atoms with Crippen molar-refractivity contribution in [2.24, 2.45) is 0 Å². The van der Waals surface area contributed by atoms with E-state index in [0.717, 1.165) is 17.5 Å². The van der Waals surface area contributed by atoms with Gasteiger partial charge in [0.1, 0.15) is 0 Å². The zero-order chi connectivity index (χ0) is 17.4. The topological polar surface area (TPSA) is 63.2 Å². The maximum absolute atomic E-state index is 13.2. The van der Waals surface area contributed by atoms with Gasteiger partial charge in [0.25, 0.3) is 0 Å². The molecule has 1 aromatic heterocycles. The number of aromatic nitrogens is 2. The Morgan fingerprint density at radius 1 is 0.960 bits per heavy atom. The van der Waals surface area contributed by atoms with Crippen LogP contribution in [0.15, 0.2) is 70.7 Å². The molecule has 25 heavy (non-hydrogen) atoms. The van der Waals surface area contributed by atoms with E-state index in [4.69, 9.17) is 0 Å². The van der Waals surface area contributed by atoms with Crippen molar-refractivity contribution in [1.29, 1.82) is 0 Å². The zero-order valence-electron chi connectivity index (χ0n) is 13.8. The second-order valence-corrected chi connectivity index (χ2v) is 7.95. The first-order chi connectivity index (χ1) is 12.1. The Morgan fingerprint density at radius 2 is 1.68 bits per heavy atom. The minimum absolute atomic E-state index is 0.298. The standard InChI is InChI=1S/C19H17N3O2S/c1-14-6-8-16(9-7-14)25(23,24)17-5-2-4-15-10-13-22(18(15)17)19-20-11-3-12-21-19/h2-9,11-12H,10,13H2,1H3. The van der Waals surface area contributed by atoms with Crippen molar-refractivity contribution in [2.75, 3.05) is 11.4 Å². The molecule has 0 spiro atoms. The van der Waals surface area contributed by atoms with Gasteiger partial charge in [-0.1, -0.05) is 29.8 Å². The summed E-state index contributed by atoms with van der Waals surface area (Å²) in [6.07, 6.45) is 4.10. The van der Waals surface area contributed by atoms with E-state index in [0.29, 0.717) is 28.0 Å². The maximum Gasteiger partial charge on any atom is 0.229 e. The summed E-state index contributed by atoms with van der Waals surface area (Å²) < 4.78 is 26.4. The predicted molar refractivity (Wildman–Crippen MR) is 95.8 cm³/mol. The quantitative estimate of drug-likeness (QED) is 0.724. The van der Waals surface area contributed by atoms with E-state index in [9.17, 15) is 8.42 Å². The molecule has 2 aromatic carbocycles. The van der Waals surface area contributed by atoms with Crippen LogP contribution in [0, 0.1) is 6.92 Å². The van der Waals surface area contributed by atoms with Crippen LogP contribution in [-0.2, 0) is 16.3 Å². The average Bonchev–Trinajstić information content (AvgIpc) is 3.07. The summed E-state index contributed by atoms with van der Waals surface area (Å²) in [5, 5.41) is 0. The van der Waals surface area contributed by atoms with E-state index < -0.39 is 9.84 Å². The fourth-order valence-electron chi connectivity index (χ4n) is 3.11. The molecule has 0 fully saturated rings. The van der Waals surface area contributed by atoms with Gasteiger partial charge in [0.15, 0.2) is 0 Å². The number of aryl methyl sites for hydroxylation is 1. The van der Waals surface area contributed by atoms with Gasteiger partial charge in [-0.2, -0.15) is 0 Å². The van der Waals surface area contributed by atoms with Crippen LogP contribution >= 0.6 is 0 Å². The maximum atomic E-state index is 13.2. The highest BCUT2D eigenvalue weighted by atomic mass is 32.2. The molecule has 0 radical (unpaired) electrons. The molecule has 0 aliphatic carbocycles. The lowest BCUT2D eigenvalue weighted by atomic mass is 10.2. The van der Waals surface area contributed by atoms with Gasteiger partial charge in [0, 0.05) is 18.9 Å². The molecule has 2 heterocycles. The Morgan fingerprint density at radius 3 is 2.40 bits per heavy atom. The second kappa shape index (κ2) is 5.97. The van der Waals surface area contributed by atoms with Gasteiger partial charge in [0.05, 0.1) is 15.5 Å². The van der Waals surface area contributed by atoms with Crippen LogP contribution in [-0.4, -0.2) is 24.9 Å². The van der Waals surface area contributed by atoms with Gasteiger partial charge in [-0.3, -0.25) is 0 Å². The smallest absolute Gasteiger partial charge is 0.229 e. The number of sulfone groups is 1. The highest BCUT2D eigenvalue weighted by Gasteiger charge is 2.31. The molecule has 126 valence electrons. The van der Waals surface area contributed by atoms with E-state index >= 15 is 0 Å². The number of hydrogen-bond acceptors (Lipinski definition) is 5. The first kappa shape index (κ1) is 15.8. The Bertz CT molecular complexity index is 1020. The zero-order valence-corrected chi connectivity index (χ0v) is 14.6. The first-order valence-electron chi connectivity index (χ1n) is 8.05. The summed E-state index contributed by atoms with van der Waals surface area (Å²) in [6, 6.07) is 14.1. The third-order valence-corrected chi connectivity index (χ3v) is 6.17. The number of fused-ring (bicyclic) bond motifs is 1. The monoisotopic (exact) mass is 351 g/mol. The van der Waals surface area contributed by atoms with Gasteiger partial charge in [-0.05, 0) is 43.2 Å². The lowest BCUT2D eigenvalue weighted by Crippen LogP contribution is -2.18. The fraction of sp³-hybridized carbons (Fsp3) is 0.158. The third kappa shape index (κ3) is 2.68. The van der Waals surface area contributed by atoms with Crippen molar-refractivity contribution in [3.05, 3.63) is 72.1 Å². The highest BCUT2D eigenvalue weighted by Crippen LogP contribution is 2.40. The summed E-state index contributed by atoms with van der Waals surface area (Å²) in [5.41, 5.74) is 2.71. The number of hydrogen-bond donors (Lipinski definition) is 0. The Balaban J connectivity index is 1.88.